The summed E-state index contributed by atoms with van der Waals surface area (Å²) < 4.78 is 71.3. The van der Waals surface area contributed by atoms with E-state index in [4.69, 9.17) is 0 Å². The number of hydrogen-bond donors (Lipinski definition) is 0. The number of imidazole rings is 1. The van der Waals surface area contributed by atoms with Crippen molar-refractivity contribution in [2.45, 2.75) is 26.6 Å². The molecule has 0 N–H and O–H groups in total. The van der Waals surface area contributed by atoms with Gasteiger partial charge in [-0.1, -0.05) is 0 Å². The normalized spacial score (nSPS) is 12.3. The first kappa shape index (κ1) is 19.8. The minimum Gasteiger partial charge on any atom is -0.435 e. The van der Waals surface area contributed by atoms with Gasteiger partial charge in [0.05, 0.1) is 16.9 Å². The molecule has 4 rings (SSSR count). The van der Waals surface area contributed by atoms with Crippen LogP contribution >= 0.6 is 0 Å². The maximum absolute atomic E-state index is 13.3. The first-order valence-corrected chi connectivity index (χ1v) is 8.62. The molecule has 4 aromatic rings. The Hall–Kier alpha value is -3.50. The van der Waals surface area contributed by atoms with Gasteiger partial charge in [-0.05, 0) is 50.2 Å². The van der Waals surface area contributed by atoms with Crippen molar-refractivity contribution in [1.29, 1.82) is 0 Å². The Labute approximate surface area is 165 Å². The third-order valence-corrected chi connectivity index (χ3v) is 4.66. The topological polar surface area (TPSA) is 61.4 Å². The number of benzene rings is 1. The summed E-state index contributed by atoms with van der Waals surface area (Å²) in [5.41, 5.74) is -0.629. The van der Waals surface area contributed by atoms with Crippen LogP contribution in [0.15, 0.2) is 41.2 Å². The van der Waals surface area contributed by atoms with Gasteiger partial charge in [0.25, 0.3) is 5.56 Å². The van der Waals surface area contributed by atoms with Crippen molar-refractivity contribution < 1.29 is 26.7 Å². The van der Waals surface area contributed by atoms with Gasteiger partial charge in [0.1, 0.15) is 11.4 Å². The monoisotopic (exact) mass is 424 g/mol. The molecule has 0 aliphatic heterocycles. The molecule has 0 fully saturated rings. The second kappa shape index (κ2) is 6.78. The molecule has 1 aromatic carbocycles. The molecule has 0 aliphatic carbocycles. The average Bonchev–Trinajstić information content (AvgIpc) is 2.97. The van der Waals surface area contributed by atoms with Gasteiger partial charge in [0, 0.05) is 5.69 Å². The second-order valence-electron chi connectivity index (χ2n) is 6.49. The van der Waals surface area contributed by atoms with Crippen LogP contribution in [0.3, 0.4) is 0 Å². The first-order valence-electron chi connectivity index (χ1n) is 8.62. The smallest absolute Gasteiger partial charge is 0.433 e. The number of aromatic nitrogens is 4. The summed E-state index contributed by atoms with van der Waals surface area (Å²) in [6.07, 6.45) is -4.72. The maximum Gasteiger partial charge on any atom is 0.433 e. The lowest BCUT2D eigenvalue weighted by molar-refractivity contribution is -0.141. The lowest BCUT2D eigenvalue weighted by Gasteiger charge is -2.14. The molecule has 0 bridgehead atoms. The van der Waals surface area contributed by atoms with E-state index in [1.165, 1.54) is 34.7 Å². The molecule has 0 amide bonds. The van der Waals surface area contributed by atoms with Gasteiger partial charge >= 0.3 is 12.8 Å². The Morgan fingerprint density at radius 1 is 0.967 bits per heavy atom. The summed E-state index contributed by atoms with van der Waals surface area (Å²) in [6.45, 7) is 0.321. The van der Waals surface area contributed by atoms with Crippen molar-refractivity contribution in [3.63, 3.8) is 0 Å². The number of rotatable bonds is 3. The fraction of sp³-hybridized carbons (Fsp3) is 0.211. The van der Waals surface area contributed by atoms with Crippen molar-refractivity contribution in [2.24, 2.45) is 0 Å². The molecule has 0 aliphatic rings. The van der Waals surface area contributed by atoms with Crippen molar-refractivity contribution in [3.8, 4) is 11.4 Å². The highest BCUT2D eigenvalue weighted by Crippen LogP contribution is 2.30. The highest BCUT2D eigenvalue weighted by molar-refractivity contribution is 5.77. The van der Waals surface area contributed by atoms with Gasteiger partial charge < -0.3 is 4.74 Å². The van der Waals surface area contributed by atoms with Crippen LogP contribution < -0.4 is 10.3 Å². The molecular weight excluding hydrogens is 411 g/mol. The highest BCUT2D eigenvalue weighted by atomic mass is 19.4. The molecule has 11 heteroatoms. The van der Waals surface area contributed by atoms with Crippen molar-refractivity contribution in [1.82, 2.24) is 18.9 Å². The number of ether oxygens (including phenoxy) is 1. The van der Waals surface area contributed by atoms with E-state index >= 15 is 0 Å². The molecule has 0 atom stereocenters. The van der Waals surface area contributed by atoms with Crippen molar-refractivity contribution in [2.75, 3.05) is 0 Å². The van der Waals surface area contributed by atoms with Gasteiger partial charge in [-0.25, -0.2) is 9.97 Å². The minimum absolute atomic E-state index is 0.00645. The molecule has 0 saturated heterocycles. The molecule has 3 aromatic heterocycles. The predicted molar refractivity (Wildman–Crippen MR) is 97.2 cm³/mol. The summed E-state index contributed by atoms with van der Waals surface area (Å²) >= 11 is 0. The molecule has 0 saturated carbocycles. The van der Waals surface area contributed by atoms with Crippen LogP contribution in [0.25, 0.3) is 22.5 Å². The summed E-state index contributed by atoms with van der Waals surface area (Å²) in [6, 6.07) is 6.96. The number of aryl methyl sites for hydroxylation is 2. The number of pyridine rings is 1. The maximum atomic E-state index is 13.3. The fourth-order valence-electron chi connectivity index (χ4n) is 3.20. The quantitative estimate of drug-likeness (QED) is 0.461. The number of fused-ring (bicyclic) bond motifs is 3. The van der Waals surface area contributed by atoms with E-state index in [2.05, 4.69) is 14.7 Å². The molecule has 3 heterocycles. The SMILES string of the molecule is Cc1nc2c(=O)n(-c3ccc(OC(F)F)cc3)c3nc(C(F)(F)F)ccc3n2c1C. The van der Waals surface area contributed by atoms with Crippen LogP contribution in [0, 0.1) is 13.8 Å². The Kier molecular flexibility index (Phi) is 4.48. The van der Waals surface area contributed by atoms with Crippen LogP contribution in [-0.2, 0) is 6.18 Å². The van der Waals surface area contributed by atoms with Gasteiger partial charge in [-0.2, -0.15) is 22.0 Å². The minimum atomic E-state index is -4.72. The predicted octanol–water partition coefficient (Wildman–Crippen LogP) is 4.27. The molecular formula is C19H13F5N4O2. The number of hydrogen-bond acceptors (Lipinski definition) is 4. The zero-order valence-electron chi connectivity index (χ0n) is 15.5. The van der Waals surface area contributed by atoms with E-state index in [9.17, 15) is 26.7 Å². The zero-order valence-corrected chi connectivity index (χ0v) is 15.5. The molecule has 0 unspecified atom stereocenters. The first-order chi connectivity index (χ1) is 14.1. The van der Waals surface area contributed by atoms with E-state index in [0.29, 0.717) is 11.4 Å². The third-order valence-electron chi connectivity index (χ3n) is 4.66. The zero-order chi connectivity index (χ0) is 21.8. The van der Waals surface area contributed by atoms with Gasteiger partial charge in [-0.15, -0.1) is 0 Å². The Bertz CT molecular complexity index is 1320. The van der Waals surface area contributed by atoms with E-state index < -0.39 is 24.0 Å². The molecule has 0 spiro atoms. The van der Waals surface area contributed by atoms with Crippen LogP contribution in [0.2, 0.25) is 0 Å². The van der Waals surface area contributed by atoms with Gasteiger partial charge in [0.2, 0.25) is 5.65 Å². The molecule has 0 radical (unpaired) electrons. The van der Waals surface area contributed by atoms with Crippen molar-refractivity contribution in [3.05, 3.63) is 63.8 Å². The Morgan fingerprint density at radius 2 is 1.63 bits per heavy atom. The fourth-order valence-corrected chi connectivity index (χ4v) is 3.20. The van der Waals surface area contributed by atoms with Gasteiger partial charge in [0.15, 0.2) is 5.65 Å². The lowest BCUT2D eigenvalue weighted by atomic mass is 10.2. The largest absolute Gasteiger partial charge is 0.435 e. The Balaban J connectivity index is 2.08. The summed E-state index contributed by atoms with van der Waals surface area (Å²) in [7, 11) is 0. The lowest BCUT2D eigenvalue weighted by Crippen LogP contribution is -2.24. The summed E-state index contributed by atoms with van der Waals surface area (Å²) in [4.78, 5) is 21.1. The van der Waals surface area contributed by atoms with Gasteiger partial charge in [-0.3, -0.25) is 13.8 Å². The third kappa shape index (κ3) is 3.15. The second-order valence-corrected chi connectivity index (χ2v) is 6.49. The number of halogens is 5. The summed E-state index contributed by atoms with van der Waals surface area (Å²) in [5.74, 6) is -0.163. The Morgan fingerprint density at radius 3 is 2.23 bits per heavy atom. The number of nitrogens with zero attached hydrogens (tertiary/aromatic N) is 4. The average molecular weight is 424 g/mol. The summed E-state index contributed by atoms with van der Waals surface area (Å²) in [5, 5.41) is 0. The molecule has 156 valence electrons. The molecule has 30 heavy (non-hydrogen) atoms. The van der Waals surface area contributed by atoms with E-state index in [0.717, 1.165) is 10.6 Å². The van der Waals surface area contributed by atoms with E-state index in [1.54, 1.807) is 13.8 Å². The standard InChI is InChI=1S/C19H13F5N4O2/c1-9-10(2)27-13-7-8-14(19(22,23)24)26-15(13)28(17(29)16(27)25-9)11-3-5-12(6-4-11)30-18(20)21/h3-8,18H,1-2H3. The van der Waals surface area contributed by atoms with Crippen LogP contribution in [-0.4, -0.2) is 25.5 Å². The van der Waals surface area contributed by atoms with E-state index in [-0.39, 0.29) is 28.2 Å². The molecule has 6 nitrogen and oxygen atoms in total. The van der Waals surface area contributed by atoms with E-state index in [1.807, 2.05) is 0 Å². The van der Waals surface area contributed by atoms with Crippen LogP contribution in [0.1, 0.15) is 17.1 Å². The van der Waals surface area contributed by atoms with Crippen LogP contribution in [0.5, 0.6) is 5.75 Å². The highest BCUT2D eigenvalue weighted by Gasteiger charge is 2.33. The van der Waals surface area contributed by atoms with Crippen LogP contribution in [0.4, 0.5) is 22.0 Å². The van der Waals surface area contributed by atoms with Crippen molar-refractivity contribution >= 4 is 16.8 Å². The number of alkyl halides is 5.